The maximum absolute atomic E-state index is 12.4. The molecule has 0 aliphatic carbocycles. The second kappa shape index (κ2) is 7.51. The number of aromatic nitrogens is 2. The molecule has 2 aliphatic rings. The first-order valence-corrected chi connectivity index (χ1v) is 9.62. The van der Waals surface area contributed by atoms with E-state index in [9.17, 15) is 24.6 Å². The molecule has 4 atom stereocenters. The largest absolute Gasteiger partial charge is 1.00 e. The molecule has 2 aromatic heterocycles. The maximum atomic E-state index is 12.4. The van der Waals surface area contributed by atoms with Crippen molar-refractivity contribution in [2.45, 2.75) is 26.0 Å². The number of nitrogens with zero attached hydrogens (tertiary/aromatic N) is 4. The van der Waals surface area contributed by atoms with Gasteiger partial charge in [-0.15, -0.1) is 11.3 Å². The molecule has 0 bridgehead atoms. The van der Waals surface area contributed by atoms with E-state index >= 15 is 0 Å². The van der Waals surface area contributed by atoms with Crippen LogP contribution in [0.4, 0.5) is 0 Å². The first-order valence-electron chi connectivity index (χ1n) is 8.80. The number of imidazole rings is 1. The van der Waals surface area contributed by atoms with Crippen LogP contribution in [0, 0.1) is 11.8 Å². The standard InChI is InChI=1S/C18H20N4O5S.Na/c1-7-10(14(18(26)27)22-13(7)11(8(2)23)15(22)24)9-5-21-6-19-12(17(21)28-9)16(25)20(3)4;/h5-8,11,13,23H,1-4H3,(H,26,27);/q;+1/p-1/t7-,8+,11+,13+;/m0./s1. The Balaban J connectivity index is 0.00000240. The molecule has 148 valence electrons. The zero-order chi connectivity index (χ0) is 20.5. The number of aliphatic hydroxyl groups excluding tert-OH is 1. The topological polar surface area (TPSA) is 118 Å². The van der Waals surface area contributed by atoms with Crippen molar-refractivity contribution in [2.75, 3.05) is 14.1 Å². The second-order valence-electron chi connectivity index (χ2n) is 7.40. The summed E-state index contributed by atoms with van der Waals surface area (Å²) in [5, 5.41) is 21.8. The zero-order valence-electron chi connectivity index (χ0n) is 16.7. The number of fused-ring (bicyclic) bond motifs is 2. The molecule has 1 saturated heterocycles. The van der Waals surface area contributed by atoms with Crippen LogP contribution in [0.3, 0.4) is 0 Å². The van der Waals surface area contributed by atoms with Crippen LogP contribution >= 0.6 is 11.3 Å². The minimum atomic E-state index is -1.43. The number of rotatable bonds is 4. The summed E-state index contributed by atoms with van der Waals surface area (Å²) in [5.41, 5.74) is 0.611. The van der Waals surface area contributed by atoms with E-state index in [2.05, 4.69) is 4.98 Å². The summed E-state index contributed by atoms with van der Waals surface area (Å²) in [6.45, 7) is 3.37. The van der Waals surface area contributed by atoms with Crippen LogP contribution in [0.5, 0.6) is 0 Å². The minimum absolute atomic E-state index is 0. The van der Waals surface area contributed by atoms with E-state index in [1.807, 2.05) is 6.92 Å². The van der Waals surface area contributed by atoms with E-state index in [4.69, 9.17) is 0 Å². The molecular weight excluding hydrogens is 407 g/mol. The van der Waals surface area contributed by atoms with Gasteiger partial charge in [0.25, 0.3) is 5.91 Å². The van der Waals surface area contributed by atoms with Gasteiger partial charge in [-0.3, -0.25) is 14.0 Å². The number of carboxylic acid groups (broad SMARTS) is 1. The average Bonchev–Trinajstić information content (AvgIpc) is 3.23. The zero-order valence-corrected chi connectivity index (χ0v) is 19.6. The van der Waals surface area contributed by atoms with Gasteiger partial charge in [0, 0.05) is 31.8 Å². The number of aliphatic hydroxyl groups is 1. The van der Waals surface area contributed by atoms with Gasteiger partial charge in [0.2, 0.25) is 5.91 Å². The number of thiazole rings is 1. The third-order valence-electron chi connectivity index (χ3n) is 5.45. The van der Waals surface area contributed by atoms with Gasteiger partial charge in [0.15, 0.2) is 5.69 Å². The van der Waals surface area contributed by atoms with Crippen molar-refractivity contribution in [3.63, 3.8) is 0 Å². The van der Waals surface area contributed by atoms with Gasteiger partial charge < -0.3 is 24.8 Å². The van der Waals surface area contributed by atoms with Crippen LogP contribution in [-0.4, -0.2) is 68.3 Å². The first kappa shape index (κ1) is 22.0. The molecule has 0 aromatic carbocycles. The fourth-order valence-electron chi connectivity index (χ4n) is 4.17. The Morgan fingerprint density at radius 1 is 1.38 bits per heavy atom. The van der Waals surface area contributed by atoms with Crippen LogP contribution in [0.2, 0.25) is 0 Å². The van der Waals surface area contributed by atoms with Crippen molar-refractivity contribution in [3.05, 3.63) is 28.8 Å². The Labute approximate surface area is 192 Å². The number of carbonyl (C=O) groups excluding carboxylic acids is 3. The summed E-state index contributed by atoms with van der Waals surface area (Å²) < 4.78 is 1.67. The molecule has 1 fully saturated rings. The van der Waals surface area contributed by atoms with E-state index in [1.165, 1.54) is 34.4 Å². The van der Waals surface area contributed by atoms with Crippen LogP contribution in [0.25, 0.3) is 10.4 Å². The van der Waals surface area contributed by atoms with Crippen molar-refractivity contribution in [1.29, 1.82) is 0 Å². The number of hydrogen-bond donors (Lipinski definition) is 1. The Morgan fingerprint density at radius 3 is 2.59 bits per heavy atom. The van der Waals surface area contributed by atoms with Crippen LogP contribution in [0.1, 0.15) is 29.2 Å². The molecule has 4 rings (SSSR count). The van der Waals surface area contributed by atoms with Crippen molar-refractivity contribution < 1.29 is 54.2 Å². The van der Waals surface area contributed by atoms with Crippen LogP contribution in [0.15, 0.2) is 18.2 Å². The van der Waals surface area contributed by atoms with Crippen LogP contribution in [-0.2, 0) is 9.59 Å². The summed E-state index contributed by atoms with van der Waals surface area (Å²) >= 11 is 1.24. The third kappa shape index (κ3) is 3.05. The van der Waals surface area contributed by atoms with Gasteiger partial charge in [0.1, 0.15) is 11.2 Å². The quantitative estimate of drug-likeness (QED) is 0.399. The van der Waals surface area contributed by atoms with E-state index in [-0.39, 0.29) is 52.8 Å². The molecule has 4 heterocycles. The smallest absolute Gasteiger partial charge is 0.543 e. The number of β-lactam (4-membered cyclic amide) rings is 1. The monoisotopic (exact) mass is 426 g/mol. The molecule has 0 spiro atoms. The molecule has 9 nitrogen and oxygen atoms in total. The fourth-order valence-corrected chi connectivity index (χ4v) is 5.37. The Bertz CT molecular complexity index is 1060. The number of hydrogen-bond acceptors (Lipinski definition) is 7. The normalized spacial score (nSPS) is 24.2. The SMILES string of the molecule is C[C@@H](O)[C@H]1C(=O)N2C(C(=O)[O-])=C(c3cn4cnc(C(=O)N(C)C)c4s3)[C@H](C)[C@H]12.[Na+]. The Kier molecular flexibility index (Phi) is 5.69. The predicted molar refractivity (Wildman–Crippen MR) is 98.0 cm³/mol. The molecule has 2 aliphatic heterocycles. The number of carbonyl (C=O) groups is 3. The molecule has 29 heavy (non-hydrogen) atoms. The Hall–Kier alpha value is -1.72. The summed E-state index contributed by atoms with van der Waals surface area (Å²) in [6, 6.07) is -0.419. The van der Waals surface area contributed by atoms with Gasteiger partial charge in [-0.1, -0.05) is 6.92 Å². The predicted octanol–water partition coefficient (Wildman–Crippen LogP) is -3.58. The second-order valence-corrected chi connectivity index (χ2v) is 8.43. The van der Waals surface area contributed by atoms with Crippen molar-refractivity contribution in [1.82, 2.24) is 19.2 Å². The molecule has 2 aromatic rings. The molecular formula is C18H19N4NaO5S. The minimum Gasteiger partial charge on any atom is -0.543 e. The molecule has 11 heteroatoms. The van der Waals surface area contributed by atoms with E-state index in [1.54, 1.807) is 24.7 Å². The van der Waals surface area contributed by atoms with Crippen molar-refractivity contribution >= 4 is 39.5 Å². The van der Waals surface area contributed by atoms with Crippen molar-refractivity contribution in [3.8, 4) is 0 Å². The molecule has 0 saturated carbocycles. The maximum Gasteiger partial charge on any atom is 1.00 e. The average molecular weight is 426 g/mol. The molecule has 0 unspecified atom stereocenters. The summed E-state index contributed by atoms with van der Waals surface area (Å²) in [4.78, 5) is 44.6. The molecule has 1 N–H and O–H groups in total. The summed E-state index contributed by atoms with van der Waals surface area (Å²) in [6.07, 6.45) is 2.34. The van der Waals surface area contributed by atoms with Gasteiger partial charge in [0.05, 0.1) is 34.6 Å². The van der Waals surface area contributed by atoms with Gasteiger partial charge in [-0.05, 0) is 6.92 Å². The van der Waals surface area contributed by atoms with E-state index in [0.717, 1.165) is 0 Å². The third-order valence-corrected chi connectivity index (χ3v) is 6.59. The first-order chi connectivity index (χ1) is 13.1. The summed E-state index contributed by atoms with van der Waals surface area (Å²) in [5.74, 6) is -3.02. The fraction of sp³-hybridized carbons (Fsp3) is 0.444. The molecule has 0 radical (unpaired) electrons. The van der Waals surface area contributed by atoms with E-state index < -0.39 is 29.9 Å². The van der Waals surface area contributed by atoms with Gasteiger partial charge >= 0.3 is 29.6 Å². The summed E-state index contributed by atoms with van der Waals surface area (Å²) in [7, 11) is 3.26. The Morgan fingerprint density at radius 2 is 2.03 bits per heavy atom. The van der Waals surface area contributed by atoms with Crippen molar-refractivity contribution in [2.24, 2.45) is 11.8 Å². The number of aliphatic carboxylic acids is 1. The van der Waals surface area contributed by atoms with E-state index in [0.29, 0.717) is 15.3 Å². The van der Waals surface area contributed by atoms with Gasteiger partial charge in [-0.25, -0.2) is 4.98 Å². The molecule has 2 amide bonds. The van der Waals surface area contributed by atoms with Crippen LogP contribution < -0.4 is 34.7 Å². The van der Waals surface area contributed by atoms with Gasteiger partial charge in [-0.2, -0.15) is 0 Å². The number of amides is 2. The number of carboxylic acids is 1.